The topological polar surface area (TPSA) is 50.2 Å². The number of anilines is 1. The lowest BCUT2D eigenvalue weighted by atomic mass is 9.96. The molecule has 2 rings (SSSR count). The minimum Gasteiger partial charge on any atom is -0.340 e. The van der Waals surface area contributed by atoms with Crippen LogP contribution >= 0.6 is 36.4 Å². The SMILES string of the molecule is CN(C)C(=O)n1c(C(C)(C)C)nc2cc(Cl)c(NC(=S)S)cc21. The van der Waals surface area contributed by atoms with Gasteiger partial charge in [-0.1, -0.05) is 44.6 Å². The number of thiol groups is 1. The summed E-state index contributed by atoms with van der Waals surface area (Å²) in [5.41, 5.74) is 1.62. The Balaban J connectivity index is 2.80. The molecule has 0 atom stereocenters. The van der Waals surface area contributed by atoms with E-state index in [1.807, 2.05) is 20.8 Å². The molecule has 1 heterocycles. The van der Waals surface area contributed by atoms with Crippen molar-refractivity contribution in [1.82, 2.24) is 14.5 Å². The number of nitrogens with one attached hydrogen (secondary N) is 1. The Bertz CT molecular complexity index is 793. The first kappa shape index (κ1) is 18.0. The zero-order chi connectivity index (χ0) is 17.5. The molecule has 0 aliphatic carbocycles. The van der Waals surface area contributed by atoms with Crippen LogP contribution in [0.25, 0.3) is 11.0 Å². The molecule has 0 aliphatic heterocycles. The lowest BCUT2D eigenvalue weighted by Crippen LogP contribution is -2.31. The predicted octanol–water partition coefficient (Wildman–Crippen LogP) is 4.14. The van der Waals surface area contributed by atoms with Crippen LogP contribution in [0.5, 0.6) is 0 Å². The van der Waals surface area contributed by atoms with Gasteiger partial charge in [-0.15, -0.1) is 12.6 Å². The van der Waals surface area contributed by atoms with Crippen LogP contribution in [0.1, 0.15) is 26.6 Å². The van der Waals surface area contributed by atoms with E-state index in [-0.39, 0.29) is 11.4 Å². The van der Waals surface area contributed by atoms with E-state index in [0.717, 1.165) is 0 Å². The van der Waals surface area contributed by atoms with E-state index in [4.69, 9.17) is 23.8 Å². The summed E-state index contributed by atoms with van der Waals surface area (Å²) in [5, 5.41) is 3.38. The first-order valence-electron chi connectivity index (χ1n) is 6.96. The maximum atomic E-state index is 12.7. The Hall–Kier alpha value is -1.31. The van der Waals surface area contributed by atoms with Crippen molar-refractivity contribution in [2.45, 2.75) is 26.2 Å². The molecule has 1 amide bonds. The second kappa shape index (κ2) is 6.30. The molecule has 2 aromatic rings. The summed E-state index contributed by atoms with van der Waals surface area (Å²) in [6.45, 7) is 6.03. The quantitative estimate of drug-likeness (QED) is 0.585. The Morgan fingerprint density at radius 1 is 1.39 bits per heavy atom. The Morgan fingerprint density at radius 3 is 2.48 bits per heavy atom. The second-order valence-electron chi connectivity index (χ2n) is 6.45. The van der Waals surface area contributed by atoms with Gasteiger partial charge >= 0.3 is 6.03 Å². The van der Waals surface area contributed by atoms with Gasteiger partial charge in [-0.3, -0.25) is 0 Å². The number of thiocarbonyl (C=S) groups is 1. The number of amides is 1. The molecule has 0 fully saturated rings. The highest BCUT2D eigenvalue weighted by atomic mass is 35.5. The van der Waals surface area contributed by atoms with Crippen LogP contribution < -0.4 is 5.32 Å². The fourth-order valence-electron chi connectivity index (χ4n) is 2.21. The third-order valence-electron chi connectivity index (χ3n) is 3.23. The van der Waals surface area contributed by atoms with Gasteiger partial charge in [0.05, 0.1) is 21.7 Å². The van der Waals surface area contributed by atoms with E-state index >= 15 is 0 Å². The summed E-state index contributed by atoms with van der Waals surface area (Å²) in [6.07, 6.45) is 0. The molecule has 23 heavy (non-hydrogen) atoms. The summed E-state index contributed by atoms with van der Waals surface area (Å²) >= 11 is 15.3. The molecule has 124 valence electrons. The first-order chi connectivity index (χ1) is 10.5. The zero-order valence-electron chi connectivity index (χ0n) is 13.6. The summed E-state index contributed by atoms with van der Waals surface area (Å²) in [7, 11) is 3.41. The summed E-state index contributed by atoms with van der Waals surface area (Å²) in [4.78, 5) is 18.8. The van der Waals surface area contributed by atoms with E-state index in [1.165, 1.54) is 4.90 Å². The van der Waals surface area contributed by atoms with Crippen LogP contribution in [0.15, 0.2) is 12.1 Å². The number of rotatable bonds is 1. The van der Waals surface area contributed by atoms with Crippen LogP contribution in [0.4, 0.5) is 10.5 Å². The van der Waals surface area contributed by atoms with Gasteiger partial charge in [0, 0.05) is 19.5 Å². The van der Waals surface area contributed by atoms with Crippen molar-refractivity contribution in [2.75, 3.05) is 19.4 Å². The van der Waals surface area contributed by atoms with Crippen LogP contribution in [-0.4, -0.2) is 38.9 Å². The molecule has 1 aromatic carbocycles. The lowest BCUT2D eigenvalue weighted by molar-refractivity contribution is 0.218. The van der Waals surface area contributed by atoms with Crippen LogP contribution in [-0.2, 0) is 5.41 Å². The third-order valence-corrected chi connectivity index (χ3v) is 3.76. The number of carbonyl (C=O) groups excluding carboxylic acids is 1. The molecule has 0 saturated heterocycles. The second-order valence-corrected chi connectivity index (χ2v) is 8.01. The zero-order valence-corrected chi connectivity index (χ0v) is 16.1. The smallest absolute Gasteiger partial charge is 0.329 e. The van der Waals surface area contributed by atoms with E-state index in [1.54, 1.807) is 30.8 Å². The van der Waals surface area contributed by atoms with Gasteiger partial charge in [-0.25, -0.2) is 14.3 Å². The largest absolute Gasteiger partial charge is 0.340 e. The van der Waals surface area contributed by atoms with Gasteiger partial charge in [0.25, 0.3) is 0 Å². The van der Waals surface area contributed by atoms with Crippen molar-refractivity contribution in [3.8, 4) is 0 Å². The van der Waals surface area contributed by atoms with Gasteiger partial charge in [-0.2, -0.15) is 0 Å². The monoisotopic (exact) mass is 370 g/mol. The number of fused-ring (bicyclic) bond motifs is 1. The normalized spacial score (nSPS) is 11.6. The van der Waals surface area contributed by atoms with Crippen LogP contribution in [0.2, 0.25) is 5.02 Å². The number of benzene rings is 1. The van der Waals surface area contributed by atoms with E-state index in [2.05, 4.69) is 22.9 Å². The van der Waals surface area contributed by atoms with Crippen molar-refractivity contribution in [1.29, 1.82) is 0 Å². The third kappa shape index (κ3) is 3.62. The maximum Gasteiger partial charge on any atom is 0.329 e. The summed E-state index contributed by atoms with van der Waals surface area (Å²) < 4.78 is 1.91. The predicted molar refractivity (Wildman–Crippen MR) is 103 cm³/mol. The van der Waals surface area contributed by atoms with Crippen molar-refractivity contribution >= 4 is 63.5 Å². The highest BCUT2D eigenvalue weighted by Crippen LogP contribution is 2.32. The summed E-state index contributed by atoms with van der Waals surface area (Å²) in [5.74, 6) is 0.674. The first-order valence-corrected chi connectivity index (χ1v) is 8.20. The molecule has 8 heteroatoms. The Morgan fingerprint density at radius 2 is 2.00 bits per heavy atom. The molecule has 1 aromatic heterocycles. The Kier molecular flexibility index (Phi) is 4.94. The van der Waals surface area contributed by atoms with Crippen molar-refractivity contribution in [3.05, 3.63) is 23.0 Å². The number of imidazole rings is 1. The fourth-order valence-corrected chi connectivity index (χ4v) is 2.64. The number of aromatic nitrogens is 2. The average molecular weight is 371 g/mol. The Labute approximate surface area is 151 Å². The molecule has 0 aliphatic rings. The van der Waals surface area contributed by atoms with Gasteiger partial charge in [-0.05, 0) is 12.1 Å². The van der Waals surface area contributed by atoms with Gasteiger partial charge in [0.2, 0.25) is 0 Å². The standard InChI is InChI=1S/C15H19ClN4OS2/c1-15(2,3)12-17-10-6-8(16)9(18-13(22)23)7-11(10)20(12)14(21)19(4)5/h6-7H,1-5H3,(H2,18,22,23). The molecule has 0 unspecified atom stereocenters. The van der Waals surface area contributed by atoms with Crippen molar-refractivity contribution < 1.29 is 4.79 Å². The lowest BCUT2D eigenvalue weighted by Gasteiger charge is -2.21. The molecule has 0 spiro atoms. The van der Waals surface area contributed by atoms with Crippen LogP contribution in [0, 0.1) is 0 Å². The number of hydrogen-bond acceptors (Lipinski definition) is 3. The number of hydrogen-bond donors (Lipinski definition) is 2. The number of nitrogens with zero attached hydrogens (tertiary/aromatic N) is 3. The highest BCUT2D eigenvalue weighted by molar-refractivity contribution is 8.11. The molecule has 0 radical (unpaired) electrons. The molecule has 0 bridgehead atoms. The van der Waals surface area contributed by atoms with Crippen molar-refractivity contribution in [2.24, 2.45) is 0 Å². The highest BCUT2D eigenvalue weighted by Gasteiger charge is 2.27. The minimum absolute atomic E-state index is 0.167. The number of carbonyl (C=O) groups is 1. The maximum absolute atomic E-state index is 12.7. The van der Waals surface area contributed by atoms with Gasteiger partial charge < -0.3 is 10.2 Å². The number of halogens is 1. The molecule has 0 saturated carbocycles. The molecular formula is C15H19ClN4OS2. The van der Waals surface area contributed by atoms with Crippen molar-refractivity contribution in [3.63, 3.8) is 0 Å². The minimum atomic E-state index is -0.302. The van der Waals surface area contributed by atoms with Crippen LogP contribution in [0.3, 0.4) is 0 Å². The average Bonchev–Trinajstić information content (AvgIpc) is 2.75. The molecular weight excluding hydrogens is 352 g/mol. The fraction of sp³-hybridized carbons (Fsp3) is 0.400. The summed E-state index contributed by atoms with van der Waals surface area (Å²) in [6, 6.07) is 3.32. The molecule has 1 N–H and O–H groups in total. The van der Waals surface area contributed by atoms with E-state index in [9.17, 15) is 4.79 Å². The van der Waals surface area contributed by atoms with Gasteiger partial charge in [0.15, 0.2) is 0 Å². The van der Waals surface area contributed by atoms with E-state index < -0.39 is 0 Å². The molecule has 5 nitrogen and oxygen atoms in total. The van der Waals surface area contributed by atoms with Gasteiger partial charge in [0.1, 0.15) is 10.1 Å². The van der Waals surface area contributed by atoms with E-state index in [0.29, 0.717) is 31.9 Å².